The van der Waals surface area contributed by atoms with Crippen molar-refractivity contribution in [3.8, 4) is 5.75 Å². The van der Waals surface area contributed by atoms with Gasteiger partial charge in [0.05, 0.1) is 0 Å². The van der Waals surface area contributed by atoms with Gasteiger partial charge >= 0.3 is 0 Å². The van der Waals surface area contributed by atoms with Gasteiger partial charge in [0.2, 0.25) is 0 Å². The fourth-order valence-corrected chi connectivity index (χ4v) is 2.61. The lowest BCUT2D eigenvalue weighted by atomic mass is 9.99. The summed E-state index contributed by atoms with van der Waals surface area (Å²) in [5.41, 5.74) is 8.28. The van der Waals surface area contributed by atoms with Gasteiger partial charge in [-0.25, -0.2) is 0 Å². The van der Waals surface area contributed by atoms with E-state index < -0.39 is 0 Å². The highest BCUT2D eigenvalue weighted by molar-refractivity contribution is 6.34. The van der Waals surface area contributed by atoms with Gasteiger partial charge in [-0.15, -0.1) is 0 Å². The van der Waals surface area contributed by atoms with Crippen LogP contribution < -0.4 is 10.5 Å². The average molecular weight is 310 g/mol. The molecule has 0 radical (unpaired) electrons. The van der Waals surface area contributed by atoms with Crippen LogP contribution in [0.1, 0.15) is 24.2 Å². The molecule has 0 saturated heterocycles. The summed E-state index contributed by atoms with van der Waals surface area (Å²) in [5.74, 6) is 0.619. The average Bonchev–Trinajstić information content (AvgIpc) is 2.35. The number of aryl methyl sites for hydroxylation is 1. The Bertz CT molecular complexity index is 579. The molecule has 0 amide bonds. The minimum absolute atomic E-state index is 0.158. The van der Waals surface area contributed by atoms with Gasteiger partial charge in [-0.05, 0) is 43.2 Å². The second-order valence-electron chi connectivity index (χ2n) is 4.86. The first kappa shape index (κ1) is 15.2. The smallest absolute Gasteiger partial charge is 0.139 e. The quantitative estimate of drug-likeness (QED) is 0.883. The first-order valence-corrected chi connectivity index (χ1v) is 7.17. The molecule has 0 aliphatic rings. The van der Waals surface area contributed by atoms with E-state index in [9.17, 15) is 0 Å². The zero-order chi connectivity index (χ0) is 14.7. The standard InChI is InChI=1S/C16H17Cl2NO/c1-10-5-3-4-6-15(10)16(11(2)19)20-14-8-12(17)7-13(18)9-14/h3-9,11,16H,19H2,1-2H3. The first-order valence-electron chi connectivity index (χ1n) is 6.41. The van der Waals surface area contributed by atoms with Crippen molar-refractivity contribution in [2.75, 3.05) is 0 Å². The van der Waals surface area contributed by atoms with Crippen molar-refractivity contribution >= 4 is 23.2 Å². The topological polar surface area (TPSA) is 35.2 Å². The van der Waals surface area contributed by atoms with Crippen LogP contribution in [0.25, 0.3) is 0 Å². The fraction of sp³-hybridized carbons (Fsp3) is 0.250. The molecule has 20 heavy (non-hydrogen) atoms. The Labute approximate surface area is 129 Å². The van der Waals surface area contributed by atoms with Crippen LogP contribution in [0.15, 0.2) is 42.5 Å². The van der Waals surface area contributed by atoms with Gasteiger partial charge < -0.3 is 10.5 Å². The van der Waals surface area contributed by atoms with Crippen LogP contribution >= 0.6 is 23.2 Å². The molecule has 2 nitrogen and oxygen atoms in total. The van der Waals surface area contributed by atoms with E-state index in [0.29, 0.717) is 15.8 Å². The van der Waals surface area contributed by atoms with Crippen LogP contribution in [-0.2, 0) is 0 Å². The van der Waals surface area contributed by atoms with Gasteiger partial charge in [-0.2, -0.15) is 0 Å². The van der Waals surface area contributed by atoms with Crippen molar-refractivity contribution in [1.82, 2.24) is 0 Å². The number of ether oxygens (including phenoxy) is 1. The number of rotatable bonds is 4. The SMILES string of the molecule is Cc1ccccc1C(Oc1cc(Cl)cc(Cl)c1)C(C)N. The third kappa shape index (κ3) is 3.66. The molecule has 0 fully saturated rings. The molecule has 0 aliphatic carbocycles. The predicted octanol–water partition coefficient (Wildman–Crippen LogP) is 4.77. The minimum Gasteiger partial charge on any atom is -0.484 e. The number of benzene rings is 2. The molecule has 2 N–H and O–H groups in total. The van der Waals surface area contributed by atoms with E-state index in [1.165, 1.54) is 0 Å². The summed E-state index contributed by atoms with van der Waals surface area (Å²) in [6.07, 6.45) is -0.245. The molecule has 0 heterocycles. The highest BCUT2D eigenvalue weighted by Gasteiger charge is 2.20. The summed E-state index contributed by atoms with van der Waals surface area (Å²) in [7, 11) is 0. The molecular formula is C16H17Cl2NO. The van der Waals surface area contributed by atoms with Gasteiger partial charge in [0.15, 0.2) is 0 Å². The molecule has 0 aromatic heterocycles. The highest BCUT2D eigenvalue weighted by Crippen LogP contribution is 2.30. The van der Waals surface area contributed by atoms with Crippen molar-refractivity contribution in [2.24, 2.45) is 5.73 Å². The molecule has 0 aliphatic heterocycles. The third-order valence-corrected chi connectivity index (χ3v) is 3.51. The third-order valence-electron chi connectivity index (χ3n) is 3.07. The largest absolute Gasteiger partial charge is 0.484 e. The molecule has 0 bridgehead atoms. The van der Waals surface area contributed by atoms with E-state index in [2.05, 4.69) is 0 Å². The van der Waals surface area contributed by atoms with Gasteiger partial charge in [0, 0.05) is 16.1 Å². The van der Waals surface area contributed by atoms with Crippen molar-refractivity contribution in [2.45, 2.75) is 26.0 Å². The van der Waals surface area contributed by atoms with Crippen molar-refractivity contribution in [1.29, 1.82) is 0 Å². The molecule has 2 atom stereocenters. The van der Waals surface area contributed by atoms with E-state index in [1.807, 2.05) is 38.1 Å². The highest BCUT2D eigenvalue weighted by atomic mass is 35.5. The predicted molar refractivity (Wildman–Crippen MR) is 84.7 cm³/mol. The zero-order valence-corrected chi connectivity index (χ0v) is 12.9. The lowest BCUT2D eigenvalue weighted by molar-refractivity contribution is 0.180. The van der Waals surface area contributed by atoms with E-state index >= 15 is 0 Å². The minimum atomic E-state index is -0.245. The number of halogens is 2. The first-order chi connectivity index (χ1) is 9.47. The Morgan fingerprint density at radius 3 is 2.20 bits per heavy atom. The van der Waals surface area contributed by atoms with Crippen LogP contribution in [0.5, 0.6) is 5.75 Å². The second-order valence-corrected chi connectivity index (χ2v) is 5.73. The molecule has 4 heteroatoms. The molecule has 2 unspecified atom stereocenters. The normalized spacial score (nSPS) is 13.8. The Morgan fingerprint density at radius 2 is 1.65 bits per heavy atom. The summed E-state index contributed by atoms with van der Waals surface area (Å²) in [5, 5.41) is 1.08. The van der Waals surface area contributed by atoms with Crippen LogP contribution in [0.3, 0.4) is 0 Å². The zero-order valence-electron chi connectivity index (χ0n) is 11.4. The van der Waals surface area contributed by atoms with Crippen LogP contribution in [0.2, 0.25) is 10.0 Å². The van der Waals surface area contributed by atoms with E-state index in [1.54, 1.807) is 18.2 Å². The monoisotopic (exact) mass is 309 g/mol. The van der Waals surface area contributed by atoms with Crippen molar-refractivity contribution in [3.63, 3.8) is 0 Å². The number of hydrogen-bond acceptors (Lipinski definition) is 2. The molecule has 0 saturated carbocycles. The summed E-state index contributed by atoms with van der Waals surface area (Å²) in [6.45, 7) is 3.96. The van der Waals surface area contributed by atoms with Crippen LogP contribution in [0, 0.1) is 6.92 Å². The summed E-state index contributed by atoms with van der Waals surface area (Å²) in [4.78, 5) is 0. The summed E-state index contributed by atoms with van der Waals surface area (Å²) >= 11 is 12.0. The maximum atomic E-state index is 6.07. The van der Waals surface area contributed by atoms with Crippen LogP contribution in [0.4, 0.5) is 0 Å². The van der Waals surface area contributed by atoms with Gasteiger partial charge in [0.1, 0.15) is 11.9 Å². The molecule has 106 valence electrons. The molecule has 0 spiro atoms. The van der Waals surface area contributed by atoms with Gasteiger partial charge in [0.25, 0.3) is 0 Å². The maximum Gasteiger partial charge on any atom is 0.139 e. The lowest BCUT2D eigenvalue weighted by Gasteiger charge is -2.24. The summed E-state index contributed by atoms with van der Waals surface area (Å²) < 4.78 is 6.01. The molecular weight excluding hydrogens is 293 g/mol. The molecule has 2 rings (SSSR count). The fourth-order valence-electron chi connectivity index (χ4n) is 2.10. The Kier molecular flexibility index (Phi) is 4.92. The Balaban J connectivity index is 2.33. The van der Waals surface area contributed by atoms with Gasteiger partial charge in [-0.3, -0.25) is 0 Å². The van der Waals surface area contributed by atoms with E-state index in [4.69, 9.17) is 33.7 Å². The number of hydrogen-bond donors (Lipinski definition) is 1. The molecule has 2 aromatic rings. The second kappa shape index (κ2) is 6.49. The lowest BCUT2D eigenvalue weighted by Crippen LogP contribution is -2.29. The Morgan fingerprint density at radius 1 is 1.05 bits per heavy atom. The van der Waals surface area contributed by atoms with Gasteiger partial charge in [-0.1, -0.05) is 47.5 Å². The maximum absolute atomic E-state index is 6.07. The van der Waals surface area contributed by atoms with E-state index in [0.717, 1.165) is 11.1 Å². The summed E-state index contributed by atoms with van der Waals surface area (Å²) in [6, 6.07) is 13.0. The van der Waals surface area contributed by atoms with Crippen molar-refractivity contribution in [3.05, 3.63) is 63.6 Å². The van der Waals surface area contributed by atoms with E-state index in [-0.39, 0.29) is 12.1 Å². The van der Waals surface area contributed by atoms with Crippen LogP contribution in [-0.4, -0.2) is 6.04 Å². The number of nitrogens with two attached hydrogens (primary N) is 1. The Hall–Kier alpha value is -1.22. The van der Waals surface area contributed by atoms with Crippen molar-refractivity contribution < 1.29 is 4.74 Å². The molecule has 2 aromatic carbocycles.